The number of esters is 1. The molecule has 16 heavy (non-hydrogen) atoms. The molecule has 0 saturated carbocycles. The highest BCUT2D eigenvalue weighted by molar-refractivity contribution is 5.99. The molecule has 0 aliphatic rings. The molecule has 0 aromatic carbocycles. The molecule has 0 aromatic rings. The normalized spacial score (nSPS) is 11.7. The molecule has 0 rings (SSSR count). The molecule has 0 unspecified atom stereocenters. The molecular formula is C13H23NO2. The van der Waals surface area contributed by atoms with Crippen molar-refractivity contribution in [2.24, 2.45) is 5.92 Å². The molecule has 0 atom stereocenters. The average Bonchev–Trinajstić information content (AvgIpc) is 2.15. The Kier molecular flexibility index (Phi) is 7.52. The Hall–Kier alpha value is -1.12. The molecular weight excluding hydrogens is 202 g/mol. The first kappa shape index (κ1) is 14.9. The zero-order valence-electron chi connectivity index (χ0n) is 10.8. The summed E-state index contributed by atoms with van der Waals surface area (Å²) in [5.74, 6) is 0.363. The Morgan fingerprint density at radius 1 is 1.44 bits per heavy atom. The van der Waals surface area contributed by atoms with Crippen LogP contribution in [0.2, 0.25) is 0 Å². The molecule has 0 heterocycles. The van der Waals surface area contributed by atoms with Crippen LogP contribution in [0.4, 0.5) is 0 Å². The van der Waals surface area contributed by atoms with Gasteiger partial charge >= 0.3 is 5.97 Å². The van der Waals surface area contributed by atoms with Gasteiger partial charge in [0, 0.05) is 11.3 Å². The fraction of sp³-hybridized carbons (Fsp3) is 0.692. The van der Waals surface area contributed by atoms with E-state index in [1.165, 1.54) is 0 Å². The number of nitrogens with one attached hydrogen (secondary N) is 1. The molecule has 0 fully saturated rings. The third-order valence-corrected chi connectivity index (χ3v) is 2.16. The van der Waals surface area contributed by atoms with Crippen molar-refractivity contribution in [1.82, 2.24) is 0 Å². The summed E-state index contributed by atoms with van der Waals surface area (Å²) in [6.45, 7) is 8.17. The molecule has 0 spiro atoms. The largest absolute Gasteiger partial charge is 0.463 e. The highest BCUT2D eigenvalue weighted by Gasteiger charge is 2.10. The minimum Gasteiger partial charge on any atom is -0.463 e. The molecule has 0 saturated heterocycles. The highest BCUT2D eigenvalue weighted by Crippen LogP contribution is 2.13. The Labute approximate surface area is 98.4 Å². The van der Waals surface area contributed by atoms with E-state index in [9.17, 15) is 4.79 Å². The van der Waals surface area contributed by atoms with Crippen LogP contribution in [0.5, 0.6) is 0 Å². The van der Waals surface area contributed by atoms with Crippen LogP contribution in [0.3, 0.4) is 0 Å². The van der Waals surface area contributed by atoms with Gasteiger partial charge in [-0.15, -0.1) is 0 Å². The molecule has 0 aliphatic heterocycles. The monoisotopic (exact) mass is 225 g/mol. The Balaban J connectivity index is 4.33. The molecule has 0 amide bonds. The maximum absolute atomic E-state index is 11.6. The predicted octanol–water partition coefficient (Wildman–Crippen LogP) is 3.34. The Morgan fingerprint density at radius 3 is 2.50 bits per heavy atom. The van der Waals surface area contributed by atoms with Gasteiger partial charge in [0.1, 0.15) is 0 Å². The van der Waals surface area contributed by atoms with E-state index in [2.05, 4.69) is 13.8 Å². The second-order valence-corrected chi connectivity index (χ2v) is 4.36. The second-order valence-electron chi connectivity index (χ2n) is 4.36. The van der Waals surface area contributed by atoms with Crippen LogP contribution in [-0.2, 0) is 9.53 Å². The summed E-state index contributed by atoms with van der Waals surface area (Å²) in [5, 5.41) is 7.39. The molecule has 0 aromatic heterocycles. The number of ether oxygens (including phenoxy) is 1. The standard InChI is InChI=1S/C13H23NO2/c1-5-16-13(15)12(9-11(4)14)8-6-7-10(2)3/h9-10,14H,5-8H2,1-4H3/b12-9+,14-11?. The molecule has 0 aliphatic carbocycles. The van der Waals surface area contributed by atoms with Gasteiger partial charge < -0.3 is 10.1 Å². The van der Waals surface area contributed by atoms with Gasteiger partial charge in [0.15, 0.2) is 0 Å². The van der Waals surface area contributed by atoms with Gasteiger partial charge in [0.25, 0.3) is 0 Å². The minimum absolute atomic E-state index is 0.280. The van der Waals surface area contributed by atoms with E-state index in [0.29, 0.717) is 30.2 Å². The van der Waals surface area contributed by atoms with Gasteiger partial charge in [-0.05, 0) is 38.7 Å². The van der Waals surface area contributed by atoms with E-state index in [0.717, 1.165) is 12.8 Å². The number of carbonyl (C=O) groups excluding carboxylic acids is 1. The summed E-state index contributed by atoms with van der Waals surface area (Å²) < 4.78 is 4.96. The second kappa shape index (κ2) is 8.08. The van der Waals surface area contributed by atoms with Gasteiger partial charge in [-0.1, -0.05) is 20.3 Å². The highest BCUT2D eigenvalue weighted by atomic mass is 16.5. The van der Waals surface area contributed by atoms with Crippen molar-refractivity contribution in [1.29, 1.82) is 5.41 Å². The van der Waals surface area contributed by atoms with Crippen LogP contribution in [0, 0.1) is 11.3 Å². The fourth-order valence-corrected chi connectivity index (χ4v) is 1.42. The van der Waals surface area contributed by atoms with E-state index in [4.69, 9.17) is 10.1 Å². The molecule has 3 heteroatoms. The lowest BCUT2D eigenvalue weighted by atomic mass is 10.0. The first-order valence-corrected chi connectivity index (χ1v) is 5.90. The molecule has 92 valence electrons. The number of hydrogen-bond acceptors (Lipinski definition) is 3. The topological polar surface area (TPSA) is 50.2 Å². The maximum Gasteiger partial charge on any atom is 0.334 e. The van der Waals surface area contributed by atoms with Crippen LogP contribution in [0.15, 0.2) is 11.6 Å². The van der Waals surface area contributed by atoms with Gasteiger partial charge in [0.2, 0.25) is 0 Å². The number of allylic oxidation sites excluding steroid dienone is 1. The molecule has 0 radical (unpaired) electrons. The quantitative estimate of drug-likeness (QED) is 0.410. The third-order valence-electron chi connectivity index (χ3n) is 2.16. The van der Waals surface area contributed by atoms with Crippen LogP contribution in [-0.4, -0.2) is 18.3 Å². The van der Waals surface area contributed by atoms with Crippen LogP contribution >= 0.6 is 0 Å². The summed E-state index contributed by atoms with van der Waals surface area (Å²) in [6.07, 6.45) is 4.37. The van der Waals surface area contributed by atoms with Crippen molar-refractivity contribution in [3.63, 3.8) is 0 Å². The van der Waals surface area contributed by atoms with Crippen LogP contribution < -0.4 is 0 Å². The Bertz CT molecular complexity index is 267. The van der Waals surface area contributed by atoms with Gasteiger partial charge in [-0.3, -0.25) is 0 Å². The van der Waals surface area contributed by atoms with Gasteiger partial charge in [-0.2, -0.15) is 0 Å². The number of rotatable bonds is 7. The Morgan fingerprint density at radius 2 is 2.06 bits per heavy atom. The first-order valence-electron chi connectivity index (χ1n) is 5.90. The number of carbonyl (C=O) groups is 1. The predicted molar refractivity (Wildman–Crippen MR) is 66.8 cm³/mol. The zero-order valence-corrected chi connectivity index (χ0v) is 10.8. The first-order chi connectivity index (χ1) is 7.47. The van der Waals surface area contributed by atoms with E-state index >= 15 is 0 Å². The SMILES string of the molecule is CCOC(=O)/C(=C/C(C)=N)CCCC(C)C. The third kappa shape index (κ3) is 7.21. The molecule has 1 N–H and O–H groups in total. The lowest BCUT2D eigenvalue weighted by Crippen LogP contribution is -2.09. The summed E-state index contributed by atoms with van der Waals surface area (Å²) in [7, 11) is 0. The average molecular weight is 225 g/mol. The van der Waals surface area contributed by atoms with E-state index in [-0.39, 0.29) is 5.97 Å². The molecule has 0 bridgehead atoms. The smallest absolute Gasteiger partial charge is 0.334 e. The van der Waals surface area contributed by atoms with Crippen molar-refractivity contribution >= 4 is 11.7 Å². The van der Waals surface area contributed by atoms with Gasteiger partial charge in [0.05, 0.1) is 6.61 Å². The van der Waals surface area contributed by atoms with Crippen molar-refractivity contribution in [3.8, 4) is 0 Å². The fourth-order valence-electron chi connectivity index (χ4n) is 1.42. The number of hydrogen-bond donors (Lipinski definition) is 1. The maximum atomic E-state index is 11.6. The van der Waals surface area contributed by atoms with E-state index in [1.54, 1.807) is 19.9 Å². The minimum atomic E-state index is -0.280. The molecule has 3 nitrogen and oxygen atoms in total. The zero-order chi connectivity index (χ0) is 12.6. The summed E-state index contributed by atoms with van der Waals surface area (Å²) in [6, 6.07) is 0. The lowest BCUT2D eigenvalue weighted by molar-refractivity contribution is -0.138. The van der Waals surface area contributed by atoms with E-state index < -0.39 is 0 Å². The van der Waals surface area contributed by atoms with Crippen molar-refractivity contribution in [2.75, 3.05) is 6.61 Å². The van der Waals surface area contributed by atoms with Crippen LogP contribution in [0.1, 0.15) is 47.0 Å². The van der Waals surface area contributed by atoms with Crippen molar-refractivity contribution in [2.45, 2.75) is 47.0 Å². The summed E-state index contributed by atoms with van der Waals surface area (Å²) >= 11 is 0. The van der Waals surface area contributed by atoms with Crippen LogP contribution in [0.25, 0.3) is 0 Å². The lowest BCUT2D eigenvalue weighted by Gasteiger charge is -2.08. The summed E-state index contributed by atoms with van der Waals surface area (Å²) in [5.41, 5.74) is 1.02. The van der Waals surface area contributed by atoms with Gasteiger partial charge in [-0.25, -0.2) is 4.79 Å². The van der Waals surface area contributed by atoms with E-state index in [1.807, 2.05) is 0 Å². The van der Waals surface area contributed by atoms with Crippen molar-refractivity contribution < 1.29 is 9.53 Å². The van der Waals surface area contributed by atoms with Crippen molar-refractivity contribution in [3.05, 3.63) is 11.6 Å². The summed E-state index contributed by atoms with van der Waals surface area (Å²) in [4.78, 5) is 11.6.